The second-order valence-electron chi connectivity index (χ2n) is 5.81. The molecule has 2 unspecified atom stereocenters. The van der Waals surface area contributed by atoms with E-state index in [1.165, 1.54) is 11.1 Å². The standard InChI is InChI=1S/C17H25NO2.2ClH/c1-2-3-6-13(17(19)20)9-10-16-11-14-7-4-5-8-15(14)12-18-16;;/h4-5,7-8,13,16,18H,2-3,6,9-12H2,1H3,(H,19,20);2*1H. The zero-order valence-electron chi connectivity index (χ0n) is 13.1. The monoisotopic (exact) mass is 347 g/mol. The van der Waals surface area contributed by atoms with E-state index in [1.54, 1.807) is 0 Å². The predicted molar refractivity (Wildman–Crippen MR) is 95.2 cm³/mol. The number of unbranched alkanes of at least 4 members (excludes halogenated alkanes) is 1. The van der Waals surface area contributed by atoms with E-state index >= 15 is 0 Å². The topological polar surface area (TPSA) is 49.3 Å². The van der Waals surface area contributed by atoms with Crippen molar-refractivity contribution in [1.82, 2.24) is 5.32 Å². The second-order valence-corrected chi connectivity index (χ2v) is 5.81. The summed E-state index contributed by atoms with van der Waals surface area (Å²) in [5.41, 5.74) is 2.79. The molecule has 22 heavy (non-hydrogen) atoms. The summed E-state index contributed by atoms with van der Waals surface area (Å²) in [6.45, 7) is 3.02. The van der Waals surface area contributed by atoms with Gasteiger partial charge in [-0.15, -0.1) is 24.8 Å². The van der Waals surface area contributed by atoms with Crippen molar-refractivity contribution in [2.45, 2.75) is 58.0 Å². The molecule has 2 rings (SSSR count). The molecule has 126 valence electrons. The van der Waals surface area contributed by atoms with E-state index in [4.69, 9.17) is 0 Å². The first-order valence-corrected chi connectivity index (χ1v) is 7.73. The minimum absolute atomic E-state index is 0. The van der Waals surface area contributed by atoms with Gasteiger partial charge in [0, 0.05) is 12.6 Å². The number of carboxylic acid groups (broad SMARTS) is 1. The van der Waals surface area contributed by atoms with E-state index in [1.807, 2.05) is 0 Å². The summed E-state index contributed by atoms with van der Waals surface area (Å²) in [6, 6.07) is 8.94. The van der Waals surface area contributed by atoms with E-state index in [-0.39, 0.29) is 30.7 Å². The molecule has 0 saturated heterocycles. The van der Waals surface area contributed by atoms with Crippen molar-refractivity contribution < 1.29 is 9.90 Å². The minimum atomic E-state index is -0.630. The Hall–Kier alpha value is -0.770. The molecular weight excluding hydrogens is 321 g/mol. The average molecular weight is 348 g/mol. The van der Waals surface area contributed by atoms with Gasteiger partial charge in [0.05, 0.1) is 5.92 Å². The molecule has 0 spiro atoms. The van der Waals surface area contributed by atoms with Crippen LogP contribution in [0.15, 0.2) is 24.3 Å². The first-order valence-electron chi connectivity index (χ1n) is 7.73. The summed E-state index contributed by atoms with van der Waals surface area (Å²) in [5.74, 6) is -0.802. The third kappa shape index (κ3) is 6.15. The molecule has 0 amide bonds. The number of halogens is 2. The van der Waals surface area contributed by atoms with Gasteiger partial charge in [0.25, 0.3) is 0 Å². The highest BCUT2D eigenvalue weighted by atomic mass is 35.5. The van der Waals surface area contributed by atoms with Crippen molar-refractivity contribution in [2.75, 3.05) is 0 Å². The summed E-state index contributed by atoms with van der Waals surface area (Å²) in [6.07, 6.45) is 5.66. The van der Waals surface area contributed by atoms with Crippen molar-refractivity contribution in [3.63, 3.8) is 0 Å². The van der Waals surface area contributed by atoms with Crippen molar-refractivity contribution in [1.29, 1.82) is 0 Å². The molecule has 1 heterocycles. The Bertz CT molecular complexity index is 454. The van der Waals surface area contributed by atoms with Crippen molar-refractivity contribution in [2.24, 2.45) is 5.92 Å². The Kier molecular flexibility index (Phi) is 10.5. The third-order valence-corrected chi connectivity index (χ3v) is 4.28. The third-order valence-electron chi connectivity index (χ3n) is 4.28. The fraction of sp³-hybridized carbons (Fsp3) is 0.588. The molecule has 3 nitrogen and oxygen atoms in total. The van der Waals surface area contributed by atoms with Gasteiger partial charge < -0.3 is 10.4 Å². The number of rotatable bonds is 7. The number of fused-ring (bicyclic) bond motifs is 1. The van der Waals surface area contributed by atoms with Gasteiger partial charge in [0.15, 0.2) is 0 Å². The summed E-state index contributed by atoms with van der Waals surface area (Å²) in [5, 5.41) is 12.8. The largest absolute Gasteiger partial charge is 0.481 e. The zero-order valence-corrected chi connectivity index (χ0v) is 14.7. The Morgan fingerprint density at radius 1 is 1.27 bits per heavy atom. The SMILES string of the molecule is CCCCC(CCC1Cc2ccccc2CN1)C(=O)O.Cl.Cl. The van der Waals surface area contributed by atoms with Crippen LogP contribution in [0.1, 0.15) is 50.2 Å². The molecule has 1 aromatic carbocycles. The van der Waals surface area contributed by atoms with Crippen LogP contribution < -0.4 is 5.32 Å². The molecule has 0 radical (unpaired) electrons. The summed E-state index contributed by atoms with van der Waals surface area (Å²) in [4.78, 5) is 11.3. The Labute approximate surface area is 145 Å². The van der Waals surface area contributed by atoms with Gasteiger partial charge in [0.1, 0.15) is 0 Å². The Morgan fingerprint density at radius 2 is 1.95 bits per heavy atom. The minimum Gasteiger partial charge on any atom is -0.481 e. The lowest BCUT2D eigenvalue weighted by Gasteiger charge is -2.27. The molecule has 1 aromatic rings. The van der Waals surface area contributed by atoms with E-state index in [0.29, 0.717) is 6.04 Å². The number of benzene rings is 1. The molecule has 2 atom stereocenters. The van der Waals surface area contributed by atoms with Gasteiger partial charge >= 0.3 is 5.97 Å². The lowest BCUT2D eigenvalue weighted by Crippen LogP contribution is -2.36. The van der Waals surface area contributed by atoms with Gasteiger partial charge in [-0.1, -0.05) is 44.0 Å². The fourth-order valence-corrected chi connectivity index (χ4v) is 2.97. The normalized spacial score (nSPS) is 17.6. The highest BCUT2D eigenvalue weighted by molar-refractivity contribution is 5.85. The molecule has 0 fully saturated rings. The van der Waals surface area contributed by atoms with Crippen molar-refractivity contribution in [3.8, 4) is 0 Å². The highest BCUT2D eigenvalue weighted by Gasteiger charge is 2.21. The average Bonchev–Trinajstić information content (AvgIpc) is 2.46. The van der Waals surface area contributed by atoms with Crippen LogP contribution in [0.25, 0.3) is 0 Å². The molecule has 1 aliphatic heterocycles. The quantitative estimate of drug-likeness (QED) is 0.776. The van der Waals surface area contributed by atoms with Crippen LogP contribution >= 0.6 is 24.8 Å². The molecule has 1 aliphatic rings. The molecule has 2 N–H and O–H groups in total. The number of hydrogen-bond donors (Lipinski definition) is 2. The van der Waals surface area contributed by atoms with Crippen LogP contribution in [0.5, 0.6) is 0 Å². The maximum absolute atomic E-state index is 11.3. The summed E-state index contributed by atoms with van der Waals surface area (Å²) >= 11 is 0. The van der Waals surface area contributed by atoms with E-state index in [9.17, 15) is 9.90 Å². The van der Waals surface area contributed by atoms with E-state index in [2.05, 4.69) is 36.5 Å². The highest BCUT2D eigenvalue weighted by Crippen LogP contribution is 2.22. The van der Waals surface area contributed by atoms with Crippen molar-refractivity contribution >= 4 is 30.8 Å². The second kappa shape index (κ2) is 10.9. The summed E-state index contributed by atoms with van der Waals surface area (Å²) in [7, 11) is 0. The van der Waals surface area contributed by atoms with Gasteiger partial charge in [0.2, 0.25) is 0 Å². The first-order chi connectivity index (χ1) is 9.70. The molecule has 0 aliphatic carbocycles. The number of nitrogens with one attached hydrogen (secondary N) is 1. The smallest absolute Gasteiger partial charge is 0.306 e. The van der Waals surface area contributed by atoms with Crippen LogP contribution in [0.2, 0.25) is 0 Å². The van der Waals surface area contributed by atoms with Crippen LogP contribution in [0, 0.1) is 5.92 Å². The zero-order chi connectivity index (χ0) is 14.4. The lowest BCUT2D eigenvalue weighted by molar-refractivity contribution is -0.142. The fourth-order valence-electron chi connectivity index (χ4n) is 2.97. The maximum atomic E-state index is 11.3. The van der Waals surface area contributed by atoms with Gasteiger partial charge in [-0.2, -0.15) is 0 Å². The lowest BCUT2D eigenvalue weighted by atomic mass is 9.89. The first kappa shape index (κ1) is 21.2. The van der Waals surface area contributed by atoms with Crippen LogP contribution in [0.3, 0.4) is 0 Å². The van der Waals surface area contributed by atoms with E-state index in [0.717, 1.165) is 45.1 Å². The maximum Gasteiger partial charge on any atom is 0.306 e. The van der Waals surface area contributed by atoms with Crippen molar-refractivity contribution in [3.05, 3.63) is 35.4 Å². The van der Waals surface area contributed by atoms with Crippen LogP contribution in [-0.4, -0.2) is 17.1 Å². The molecule has 0 saturated carbocycles. The number of hydrogen-bond acceptors (Lipinski definition) is 2. The van der Waals surface area contributed by atoms with Gasteiger partial charge in [-0.25, -0.2) is 0 Å². The predicted octanol–water partition coefficient (Wildman–Crippen LogP) is 4.22. The van der Waals surface area contributed by atoms with E-state index < -0.39 is 5.97 Å². The van der Waals surface area contributed by atoms with Crippen LogP contribution in [-0.2, 0) is 17.8 Å². The number of carbonyl (C=O) groups is 1. The van der Waals surface area contributed by atoms with Gasteiger partial charge in [-0.05, 0) is 36.8 Å². The van der Waals surface area contributed by atoms with Crippen LogP contribution in [0.4, 0.5) is 0 Å². The molecule has 0 aromatic heterocycles. The molecule has 0 bridgehead atoms. The van der Waals surface area contributed by atoms with Gasteiger partial charge in [-0.3, -0.25) is 4.79 Å². The number of carboxylic acids is 1. The summed E-state index contributed by atoms with van der Waals surface area (Å²) < 4.78 is 0. The Morgan fingerprint density at radius 3 is 2.59 bits per heavy atom. The Balaban J connectivity index is 0.00000220. The molecule has 5 heteroatoms. The molecular formula is C17H27Cl2NO2. The number of aliphatic carboxylic acids is 1.